The van der Waals surface area contributed by atoms with Crippen LogP contribution in [-0.2, 0) is 4.79 Å². The minimum Gasteiger partial charge on any atom is -0.504 e. The van der Waals surface area contributed by atoms with E-state index in [9.17, 15) is 9.90 Å². The third-order valence-electron chi connectivity index (χ3n) is 3.35. The van der Waals surface area contributed by atoms with Crippen molar-refractivity contribution in [2.45, 2.75) is 0 Å². The van der Waals surface area contributed by atoms with Crippen LogP contribution in [-0.4, -0.2) is 18.1 Å². The summed E-state index contributed by atoms with van der Waals surface area (Å²) in [5.74, 6) is 0.0694. The van der Waals surface area contributed by atoms with Gasteiger partial charge < -0.3 is 15.2 Å². The van der Waals surface area contributed by atoms with Gasteiger partial charge in [-0.2, -0.15) is 0 Å². The van der Waals surface area contributed by atoms with Crippen molar-refractivity contribution in [3.8, 4) is 11.5 Å². The molecule has 6 heteroatoms. The number of rotatable bonds is 2. The molecule has 0 saturated heterocycles. The number of fused-ring (bicyclic) bond motifs is 1. The van der Waals surface area contributed by atoms with Gasteiger partial charge in [0.2, 0.25) is 0 Å². The van der Waals surface area contributed by atoms with Gasteiger partial charge in [0.25, 0.3) is 5.91 Å². The second kappa shape index (κ2) is 5.66. The first kappa shape index (κ1) is 14.9. The highest BCUT2D eigenvalue weighted by atomic mass is 79.9. The number of amides is 1. The highest BCUT2D eigenvalue weighted by Crippen LogP contribution is 2.39. The molecule has 0 spiro atoms. The van der Waals surface area contributed by atoms with Gasteiger partial charge in [0.15, 0.2) is 11.5 Å². The highest BCUT2D eigenvalue weighted by Gasteiger charge is 2.24. The van der Waals surface area contributed by atoms with Crippen LogP contribution in [0.3, 0.4) is 0 Å². The Balaban J connectivity index is 2.15. The Bertz CT molecular complexity index is 817. The van der Waals surface area contributed by atoms with E-state index in [0.29, 0.717) is 27.6 Å². The molecule has 4 nitrogen and oxygen atoms in total. The number of hydrogen-bond donors (Lipinski definition) is 2. The number of carbonyl (C=O) groups excluding carboxylic acids is 1. The van der Waals surface area contributed by atoms with Crippen molar-refractivity contribution in [3.63, 3.8) is 0 Å². The van der Waals surface area contributed by atoms with E-state index >= 15 is 0 Å². The topological polar surface area (TPSA) is 58.6 Å². The number of phenolic OH excluding ortho intramolecular Hbond substituents is 1. The molecule has 1 aliphatic rings. The van der Waals surface area contributed by atoms with Crippen LogP contribution in [0.25, 0.3) is 11.6 Å². The van der Waals surface area contributed by atoms with Crippen LogP contribution >= 0.6 is 27.5 Å². The Morgan fingerprint density at radius 1 is 1.32 bits per heavy atom. The molecule has 1 aliphatic heterocycles. The summed E-state index contributed by atoms with van der Waals surface area (Å²) in [6, 6.07) is 8.55. The average Bonchev–Trinajstić information content (AvgIpc) is 2.77. The van der Waals surface area contributed by atoms with Crippen LogP contribution < -0.4 is 10.1 Å². The van der Waals surface area contributed by atoms with Gasteiger partial charge in [-0.1, -0.05) is 33.6 Å². The summed E-state index contributed by atoms with van der Waals surface area (Å²) in [6.45, 7) is 0. The Morgan fingerprint density at radius 3 is 2.82 bits per heavy atom. The van der Waals surface area contributed by atoms with Crippen LogP contribution in [0.5, 0.6) is 11.5 Å². The summed E-state index contributed by atoms with van der Waals surface area (Å²) in [5, 5.41) is 13.5. The summed E-state index contributed by atoms with van der Waals surface area (Å²) in [5.41, 5.74) is 2.35. The van der Waals surface area contributed by atoms with Gasteiger partial charge in [-0.15, -0.1) is 0 Å². The maximum Gasteiger partial charge on any atom is 0.256 e. The molecule has 0 aliphatic carbocycles. The van der Waals surface area contributed by atoms with Gasteiger partial charge in [0, 0.05) is 26.2 Å². The lowest BCUT2D eigenvalue weighted by atomic mass is 10.0. The van der Waals surface area contributed by atoms with E-state index in [2.05, 4.69) is 21.2 Å². The smallest absolute Gasteiger partial charge is 0.256 e. The van der Waals surface area contributed by atoms with E-state index in [1.807, 2.05) is 0 Å². The van der Waals surface area contributed by atoms with Crippen LogP contribution in [0.1, 0.15) is 11.1 Å². The minimum atomic E-state index is -0.240. The van der Waals surface area contributed by atoms with Gasteiger partial charge in [0.05, 0.1) is 12.8 Å². The molecule has 0 saturated carbocycles. The molecule has 0 atom stereocenters. The summed E-state index contributed by atoms with van der Waals surface area (Å²) in [4.78, 5) is 12.2. The molecule has 0 fully saturated rings. The number of aromatic hydroxyl groups is 1. The molecule has 2 aromatic carbocycles. The summed E-state index contributed by atoms with van der Waals surface area (Å²) < 4.78 is 5.86. The molecule has 0 aromatic heterocycles. The molecule has 0 radical (unpaired) electrons. The zero-order valence-electron chi connectivity index (χ0n) is 11.5. The van der Waals surface area contributed by atoms with Crippen LogP contribution in [0.4, 0.5) is 5.69 Å². The van der Waals surface area contributed by atoms with Gasteiger partial charge in [-0.05, 0) is 30.3 Å². The molecule has 0 unspecified atom stereocenters. The lowest BCUT2D eigenvalue weighted by Gasteiger charge is -2.08. The third-order valence-corrected chi connectivity index (χ3v) is 4.05. The minimum absolute atomic E-state index is 0.0200. The zero-order valence-corrected chi connectivity index (χ0v) is 13.8. The van der Waals surface area contributed by atoms with E-state index in [1.54, 1.807) is 36.4 Å². The number of nitrogens with one attached hydrogen (secondary N) is 1. The third kappa shape index (κ3) is 2.58. The van der Waals surface area contributed by atoms with Crippen molar-refractivity contribution >= 4 is 50.8 Å². The van der Waals surface area contributed by atoms with Gasteiger partial charge in [-0.3, -0.25) is 4.79 Å². The van der Waals surface area contributed by atoms with Crippen molar-refractivity contribution in [2.24, 2.45) is 0 Å². The fourth-order valence-electron chi connectivity index (χ4n) is 2.33. The predicted molar refractivity (Wildman–Crippen MR) is 90.3 cm³/mol. The number of methoxy groups -OCH3 is 1. The molecule has 112 valence electrons. The van der Waals surface area contributed by atoms with Gasteiger partial charge in [-0.25, -0.2) is 0 Å². The standard InChI is InChI=1S/C16H11BrClNO3/c1-22-14-6-9(17)4-8(15(14)20)5-12-11-3-2-10(18)7-13(11)19-16(12)21/h2-7,20H,1H3,(H,19,21)/b12-5+. The quantitative estimate of drug-likeness (QED) is 0.763. The highest BCUT2D eigenvalue weighted by molar-refractivity contribution is 9.10. The number of halogens is 2. The second-order valence-electron chi connectivity index (χ2n) is 4.75. The number of phenols is 1. The molecule has 1 amide bonds. The summed E-state index contributed by atoms with van der Waals surface area (Å²) >= 11 is 9.29. The number of benzene rings is 2. The molecule has 0 bridgehead atoms. The number of ether oxygens (including phenoxy) is 1. The molecular formula is C16H11BrClNO3. The van der Waals surface area contributed by atoms with Crippen LogP contribution in [0.2, 0.25) is 5.02 Å². The molecule has 2 aromatic rings. The first-order valence-corrected chi connectivity index (χ1v) is 7.56. The largest absolute Gasteiger partial charge is 0.504 e. The van der Waals surface area contributed by atoms with Crippen molar-refractivity contribution in [3.05, 3.63) is 51.0 Å². The first-order chi connectivity index (χ1) is 10.5. The van der Waals surface area contributed by atoms with E-state index < -0.39 is 0 Å². The van der Waals surface area contributed by atoms with Crippen molar-refractivity contribution in [1.29, 1.82) is 0 Å². The van der Waals surface area contributed by atoms with Crippen molar-refractivity contribution in [2.75, 3.05) is 12.4 Å². The van der Waals surface area contributed by atoms with Gasteiger partial charge >= 0.3 is 0 Å². The maximum atomic E-state index is 12.2. The second-order valence-corrected chi connectivity index (χ2v) is 6.10. The van der Waals surface area contributed by atoms with Crippen molar-refractivity contribution in [1.82, 2.24) is 0 Å². The Labute approximate surface area is 140 Å². The fourth-order valence-corrected chi connectivity index (χ4v) is 2.95. The van der Waals surface area contributed by atoms with Crippen LogP contribution in [0, 0.1) is 0 Å². The number of hydrogen-bond acceptors (Lipinski definition) is 3. The molecular weight excluding hydrogens is 370 g/mol. The van der Waals surface area contributed by atoms with Gasteiger partial charge in [0.1, 0.15) is 0 Å². The molecule has 2 N–H and O–H groups in total. The lowest BCUT2D eigenvalue weighted by Crippen LogP contribution is -2.03. The zero-order chi connectivity index (χ0) is 15.9. The molecule has 1 heterocycles. The maximum absolute atomic E-state index is 12.2. The average molecular weight is 381 g/mol. The van der Waals surface area contributed by atoms with E-state index in [0.717, 1.165) is 10.0 Å². The van der Waals surface area contributed by atoms with E-state index in [1.165, 1.54) is 7.11 Å². The van der Waals surface area contributed by atoms with E-state index in [-0.39, 0.29) is 11.7 Å². The Morgan fingerprint density at radius 2 is 2.09 bits per heavy atom. The Hall–Kier alpha value is -1.98. The predicted octanol–water partition coefficient (Wildman–Crippen LogP) is 4.31. The number of carbonyl (C=O) groups is 1. The lowest BCUT2D eigenvalue weighted by molar-refractivity contribution is -0.110. The normalized spacial score (nSPS) is 14.9. The van der Waals surface area contributed by atoms with Crippen LogP contribution in [0.15, 0.2) is 34.8 Å². The van der Waals surface area contributed by atoms with E-state index in [4.69, 9.17) is 16.3 Å². The SMILES string of the molecule is COc1cc(Br)cc(/C=C2/C(=O)Nc3cc(Cl)ccc32)c1O. The summed E-state index contributed by atoms with van der Waals surface area (Å²) in [6.07, 6.45) is 1.62. The van der Waals surface area contributed by atoms with Crippen molar-refractivity contribution < 1.29 is 14.6 Å². The molecule has 22 heavy (non-hydrogen) atoms. The molecule has 3 rings (SSSR count). The summed E-state index contributed by atoms with van der Waals surface area (Å²) in [7, 11) is 1.47. The fraction of sp³-hybridized carbons (Fsp3) is 0.0625. The first-order valence-electron chi connectivity index (χ1n) is 6.39. The monoisotopic (exact) mass is 379 g/mol. The Kier molecular flexibility index (Phi) is 3.85. The number of anilines is 1.